The molecule has 1 amide bonds. The highest BCUT2D eigenvalue weighted by Crippen LogP contribution is 2.32. The van der Waals surface area contributed by atoms with Gasteiger partial charge in [0, 0.05) is 0 Å². The molecule has 2 rings (SSSR count). The van der Waals surface area contributed by atoms with Crippen LogP contribution < -0.4 is 5.32 Å². The molecule has 0 aliphatic carbocycles. The molecule has 82 valence electrons. The van der Waals surface area contributed by atoms with Crippen molar-refractivity contribution < 1.29 is 4.79 Å². The van der Waals surface area contributed by atoms with Gasteiger partial charge in [-0.1, -0.05) is 0 Å². The Hall–Kier alpha value is -0.860. The molecule has 5 nitrogen and oxygen atoms in total. The van der Waals surface area contributed by atoms with Gasteiger partial charge in [-0.25, -0.2) is 4.98 Å². The summed E-state index contributed by atoms with van der Waals surface area (Å²) in [4.78, 5) is 15.6. The summed E-state index contributed by atoms with van der Waals surface area (Å²) >= 11 is 8.03. The molecular weight excluding hydrogens is 360 g/mol. The van der Waals surface area contributed by atoms with Gasteiger partial charge >= 0.3 is 0 Å². The fourth-order valence-electron chi connectivity index (χ4n) is 0.969. The van der Waals surface area contributed by atoms with E-state index < -0.39 is 0 Å². The van der Waals surface area contributed by atoms with Crippen LogP contribution >= 0.6 is 43.2 Å². The maximum absolute atomic E-state index is 11.8. The Bertz CT molecular complexity index is 516. The van der Waals surface area contributed by atoms with Gasteiger partial charge in [0.05, 0.1) is 25.5 Å². The number of nitrogens with one attached hydrogen (secondary N) is 1. The number of carbonyl (C=O) groups is 1. The summed E-state index contributed by atoms with van der Waals surface area (Å²) in [7, 11) is 0. The Labute approximate surface area is 112 Å². The topological polar surface area (TPSA) is 67.8 Å². The van der Waals surface area contributed by atoms with Crippen LogP contribution in [0, 0.1) is 0 Å². The second-order valence-electron chi connectivity index (χ2n) is 2.66. The van der Waals surface area contributed by atoms with Crippen molar-refractivity contribution in [2.45, 2.75) is 0 Å². The van der Waals surface area contributed by atoms with Crippen LogP contribution in [-0.4, -0.2) is 21.1 Å². The first-order chi connectivity index (χ1) is 7.66. The van der Waals surface area contributed by atoms with E-state index >= 15 is 0 Å². The zero-order chi connectivity index (χ0) is 11.5. The lowest BCUT2D eigenvalue weighted by atomic mass is 10.3. The number of hydrogen-bond acceptors (Lipinski definition) is 5. The molecule has 0 unspecified atom stereocenters. The van der Waals surface area contributed by atoms with Crippen molar-refractivity contribution in [3.63, 3.8) is 0 Å². The summed E-state index contributed by atoms with van der Waals surface area (Å²) in [6.07, 6.45) is 2.90. The van der Waals surface area contributed by atoms with E-state index in [1.165, 1.54) is 23.7 Å². The van der Waals surface area contributed by atoms with E-state index in [2.05, 4.69) is 52.4 Å². The first-order valence-electron chi connectivity index (χ1n) is 4.06. The third-order valence-corrected chi connectivity index (χ3v) is 3.95. The summed E-state index contributed by atoms with van der Waals surface area (Å²) < 4.78 is 1.62. The maximum Gasteiger partial charge on any atom is 0.260 e. The molecule has 0 aliphatic rings. The summed E-state index contributed by atoms with van der Waals surface area (Å²) in [6, 6.07) is 1.72. The average molecular weight is 364 g/mol. The van der Waals surface area contributed by atoms with Crippen LogP contribution in [0.4, 0.5) is 5.95 Å². The van der Waals surface area contributed by atoms with Crippen LogP contribution in [0.15, 0.2) is 26.0 Å². The van der Waals surface area contributed by atoms with Crippen molar-refractivity contribution in [3.05, 3.63) is 31.6 Å². The van der Waals surface area contributed by atoms with Crippen molar-refractivity contribution in [2.24, 2.45) is 0 Å². The molecular formula is C8H4Br2N4OS. The molecule has 0 spiro atoms. The predicted octanol–water partition coefficient (Wildman–Crippen LogP) is 2.71. The Balaban J connectivity index is 2.18. The van der Waals surface area contributed by atoms with E-state index in [0.717, 1.165) is 7.57 Å². The SMILES string of the molecule is O=C(Nc1nccnn1)c1cc(Br)sc1Br. The number of hydrogen-bond donors (Lipinski definition) is 1. The molecule has 0 saturated heterocycles. The number of amides is 1. The zero-order valence-corrected chi connectivity index (χ0v) is 11.6. The molecule has 16 heavy (non-hydrogen) atoms. The van der Waals surface area contributed by atoms with Crippen LogP contribution in [0.25, 0.3) is 0 Å². The molecule has 0 saturated carbocycles. The number of aromatic nitrogens is 3. The van der Waals surface area contributed by atoms with Gasteiger partial charge in [0.2, 0.25) is 5.95 Å². The summed E-state index contributed by atoms with van der Waals surface area (Å²) in [5.74, 6) is -0.0939. The molecule has 0 atom stereocenters. The van der Waals surface area contributed by atoms with Crippen LogP contribution in [0.1, 0.15) is 10.4 Å². The molecule has 2 heterocycles. The number of nitrogens with zero attached hydrogens (tertiary/aromatic N) is 3. The number of thiophene rings is 1. The predicted molar refractivity (Wildman–Crippen MR) is 67.5 cm³/mol. The smallest absolute Gasteiger partial charge is 0.260 e. The lowest BCUT2D eigenvalue weighted by molar-refractivity contribution is 0.102. The van der Waals surface area contributed by atoms with Gasteiger partial charge in [0.1, 0.15) is 0 Å². The van der Waals surface area contributed by atoms with E-state index in [0.29, 0.717) is 5.56 Å². The molecule has 0 aromatic carbocycles. The Kier molecular flexibility index (Phi) is 3.62. The van der Waals surface area contributed by atoms with Crippen molar-refractivity contribution in [3.8, 4) is 0 Å². The Morgan fingerprint density at radius 2 is 2.19 bits per heavy atom. The summed E-state index contributed by atoms with van der Waals surface area (Å²) in [6.45, 7) is 0. The number of anilines is 1. The van der Waals surface area contributed by atoms with Gasteiger partial charge in [-0.3, -0.25) is 10.1 Å². The minimum absolute atomic E-state index is 0.182. The molecule has 2 aromatic heterocycles. The quantitative estimate of drug-likeness (QED) is 0.890. The fourth-order valence-corrected chi connectivity index (χ4v) is 3.76. The molecule has 2 aromatic rings. The standard InChI is InChI=1S/C8H4Br2N4OS/c9-5-3-4(6(10)16-5)7(15)13-8-11-1-2-12-14-8/h1-3H,(H,11,13,14,15). The number of carbonyl (C=O) groups excluding carboxylic acids is 1. The van der Waals surface area contributed by atoms with E-state index in [-0.39, 0.29) is 11.9 Å². The summed E-state index contributed by atoms with van der Waals surface area (Å²) in [5, 5.41) is 9.82. The lowest BCUT2D eigenvalue weighted by Gasteiger charge is -2.00. The molecule has 0 aliphatic heterocycles. The van der Waals surface area contributed by atoms with Crippen LogP contribution in [0.3, 0.4) is 0 Å². The third kappa shape index (κ3) is 2.63. The highest BCUT2D eigenvalue weighted by Gasteiger charge is 2.14. The first-order valence-corrected chi connectivity index (χ1v) is 6.47. The van der Waals surface area contributed by atoms with E-state index in [1.54, 1.807) is 6.07 Å². The fraction of sp³-hybridized carbons (Fsp3) is 0. The molecule has 8 heteroatoms. The highest BCUT2D eigenvalue weighted by atomic mass is 79.9. The van der Waals surface area contributed by atoms with Crippen molar-refractivity contribution in [2.75, 3.05) is 5.32 Å². The van der Waals surface area contributed by atoms with Crippen molar-refractivity contribution in [1.82, 2.24) is 15.2 Å². The van der Waals surface area contributed by atoms with Gasteiger partial charge in [-0.15, -0.1) is 16.4 Å². The van der Waals surface area contributed by atoms with E-state index in [1.807, 2.05) is 0 Å². The van der Waals surface area contributed by atoms with Gasteiger partial charge in [-0.05, 0) is 37.9 Å². The van der Waals surface area contributed by atoms with Crippen molar-refractivity contribution in [1.29, 1.82) is 0 Å². The van der Waals surface area contributed by atoms with Gasteiger partial charge in [-0.2, -0.15) is 5.10 Å². The van der Waals surface area contributed by atoms with Gasteiger partial charge in [0.15, 0.2) is 0 Å². The van der Waals surface area contributed by atoms with Gasteiger partial charge in [0.25, 0.3) is 5.91 Å². The monoisotopic (exact) mass is 362 g/mol. The van der Waals surface area contributed by atoms with Crippen molar-refractivity contribution >= 4 is 55.1 Å². The van der Waals surface area contributed by atoms with Crippen LogP contribution in [0.5, 0.6) is 0 Å². The van der Waals surface area contributed by atoms with Crippen LogP contribution in [-0.2, 0) is 0 Å². The van der Waals surface area contributed by atoms with E-state index in [4.69, 9.17) is 0 Å². The number of halogens is 2. The molecule has 1 N–H and O–H groups in total. The number of rotatable bonds is 2. The zero-order valence-electron chi connectivity index (χ0n) is 7.65. The molecule has 0 radical (unpaired) electrons. The Morgan fingerprint density at radius 3 is 2.75 bits per heavy atom. The molecule has 0 fully saturated rings. The second-order valence-corrected chi connectivity index (χ2v) is 6.41. The third-order valence-electron chi connectivity index (χ3n) is 1.61. The minimum atomic E-state index is -0.276. The first kappa shape index (κ1) is 11.6. The largest absolute Gasteiger partial charge is 0.289 e. The lowest BCUT2D eigenvalue weighted by Crippen LogP contribution is -2.14. The highest BCUT2D eigenvalue weighted by molar-refractivity contribution is 9.12. The second kappa shape index (κ2) is 4.98. The Morgan fingerprint density at radius 1 is 1.38 bits per heavy atom. The maximum atomic E-state index is 11.8. The molecule has 0 bridgehead atoms. The normalized spacial score (nSPS) is 10.1. The van der Waals surface area contributed by atoms with Gasteiger partial charge < -0.3 is 0 Å². The minimum Gasteiger partial charge on any atom is -0.289 e. The van der Waals surface area contributed by atoms with E-state index in [9.17, 15) is 4.79 Å². The average Bonchev–Trinajstić information content (AvgIpc) is 2.59. The van der Waals surface area contributed by atoms with Crippen LogP contribution in [0.2, 0.25) is 0 Å². The summed E-state index contributed by atoms with van der Waals surface area (Å²) in [5.41, 5.74) is 0.532.